The third kappa shape index (κ3) is 2.97. The number of amides is 2. The third-order valence-electron chi connectivity index (χ3n) is 2.64. The van der Waals surface area contributed by atoms with Gasteiger partial charge in [0.1, 0.15) is 17.3 Å². The van der Waals surface area contributed by atoms with Crippen molar-refractivity contribution in [3.63, 3.8) is 0 Å². The predicted octanol–water partition coefficient (Wildman–Crippen LogP) is 3.06. The number of nitrogens with one attached hydrogen (secondary N) is 2. The minimum Gasteiger partial charge on any atom is -0.495 e. The van der Waals surface area contributed by atoms with E-state index in [-0.39, 0.29) is 11.4 Å². The summed E-state index contributed by atoms with van der Waals surface area (Å²) in [4.78, 5) is 11.9. The number of nitrogen functional groups attached to an aromatic ring is 1. The summed E-state index contributed by atoms with van der Waals surface area (Å²) in [6.07, 6.45) is 0. The number of nitrogens with two attached hydrogens (primary N) is 1. The monoisotopic (exact) mass is 275 g/mol. The summed E-state index contributed by atoms with van der Waals surface area (Å²) < 4.78 is 18.7. The van der Waals surface area contributed by atoms with E-state index in [1.165, 1.54) is 25.3 Å². The second kappa shape index (κ2) is 5.92. The highest BCUT2D eigenvalue weighted by Gasteiger charge is 2.11. The summed E-state index contributed by atoms with van der Waals surface area (Å²) >= 11 is 0. The van der Waals surface area contributed by atoms with Gasteiger partial charge in [-0.2, -0.15) is 0 Å². The summed E-state index contributed by atoms with van der Waals surface area (Å²) in [6.45, 7) is 0. The minimum absolute atomic E-state index is 0.0557. The zero-order chi connectivity index (χ0) is 14.5. The molecule has 2 aromatic carbocycles. The van der Waals surface area contributed by atoms with Crippen LogP contribution in [0.25, 0.3) is 0 Å². The molecule has 0 heterocycles. The Kier molecular flexibility index (Phi) is 4.05. The van der Waals surface area contributed by atoms with Crippen molar-refractivity contribution in [2.45, 2.75) is 0 Å². The first-order valence-corrected chi connectivity index (χ1v) is 5.87. The van der Waals surface area contributed by atoms with Gasteiger partial charge >= 0.3 is 6.03 Å². The molecule has 0 aliphatic rings. The van der Waals surface area contributed by atoms with Crippen molar-refractivity contribution in [2.24, 2.45) is 0 Å². The second-order valence-electron chi connectivity index (χ2n) is 3.98. The predicted molar refractivity (Wildman–Crippen MR) is 76.4 cm³/mol. The molecule has 0 aliphatic carbocycles. The first-order chi connectivity index (χ1) is 9.61. The van der Waals surface area contributed by atoms with Crippen molar-refractivity contribution in [1.82, 2.24) is 0 Å². The van der Waals surface area contributed by atoms with Crippen molar-refractivity contribution in [2.75, 3.05) is 23.5 Å². The fourth-order valence-corrected chi connectivity index (χ4v) is 1.69. The fourth-order valence-electron chi connectivity index (χ4n) is 1.69. The van der Waals surface area contributed by atoms with Crippen molar-refractivity contribution in [3.8, 4) is 5.75 Å². The van der Waals surface area contributed by atoms with Crippen molar-refractivity contribution < 1.29 is 13.9 Å². The molecule has 0 radical (unpaired) electrons. The number of hydrogen-bond donors (Lipinski definition) is 3. The largest absolute Gasteiger partial charge is 0.495 e. The number of carbonyl (C=O) groups is 1. The summed E-state index contributed by atoms with van der Waals surface area (Å²) in [5, 5.41) is 4.94. The maximum Gasteiger partial charge on any atom is 0.323 e. The van der Waals surface area contributed by atoms with E-state index in [4.69, 9.17) is 10.5 Å². The Bertz CT molecular complexity index is 611. The minimum atomic E-state index is -0.605. The number of methoxy groups -OCH3 is 1. The zero-order valence-corrected chi connectivity index (χ0v) is 10.8. The van der Waals surface area contributed by atoms with Crippen LogP contribution in [0.5, 0.6) is 5.75 Å². The third-order valence-corrected chi connectivity index (χ3v) is 2.64. The van der Waals surface area contributed by atoms with E-state index in [9.17, 15) is 9.18 Å². The molecule has 2 rings (SSSR count). The highest BCUT2D eigenvalue weighted by molar-refractivity contribution is 6.02. The molecule has 0 spiro atoms. The lowest BCUT2D eigenvalue weighted by atomic mass is 10.2. The number of rotatable bonds is 3. The van der Waals surface area contributed by atoms with Gasteiger partial charge in [-0.05, 0) is 24.3 Å². The molecule has 0 saturated heterocycles. The normalized spacial score (nSPS) is 9.90. The Balaban J connectivity index is 2.13. The topological polar surface area (TPSA) is 76.4 Å². The number of carbonyl (C=O) groups excluding carboxylic acids is 1. The maximum atomic E-state index is 13.5. The van der Waals surface area contributed by atoms with Crippen LogP contribution in [0.2, 0.25) is 0 Å². The first kappa shape index (κ1) is 13.7. The lowest BCUT2D eigenvalue weighted by Crippen LogP contribution is -2.21. The highest BCUT2D eigenvalue weighted by Crippen LogP contribution is 2.25. The Hall–Kier alpha value is -2.76. The number of urea groups is 1. The standard InChI is InChI=1S/C14H14FN3O2/c1-20-12-8-3-2-7-11(12)17-14(19)18-13-9(15)5-4-6-10(13)16/h2-8H,16H2,1H3,(H2,17,18,19). The average Bonchev–Trinajstić information content (AvgIpc) is 2.44. The van der Waals surface area contributed by atoms with Crippen LogP contribution in [0.1, 0.15) is 0 Å². The Morgan fingerprint density at radius 3 is 2.60 bits per heavy atom. The molecular formula is C14H14FN3O2. The van der Waals surface area contributed by atoms with E-state index in [1.54, 1.807) is 24.3 Å². The molecule has 0 unspecified atom stereocenters. The number of hydrogen-bond acceptors (Lipinski definition) is 3. The van der Waals surface area contributed by atoms with Gasteiger partial charge in [0.15, 0.2) is 0 Å². The van der Waals surface area contributed by atoms with Crippen LogP contribution in [0.4, 0.5) is 26.2 Å². The van der Waals surface area contributed by atoms with Gasteiger partial charge in [0, 0.05) is 0 Å². The van der Waals surface area contributed by atoms with E-state index in [2.05, 4.69) is 10.6 Å². The smallest absolute Gasteiger partial charge is 0.323 e. The second-order valence-corrected chi connectivity index (χ2v) is 3.98. The molecular weight excluding hydrogens is 261 g/mol. The average molecular weight is 275 g/mol. The van der Waals surface area contributed by atoms with E-state index in [1.807, 2.05) is 0 Å². The van der Waals surface area contributed by atoms with Crippen molar-refractivity contribution >= 4 is 23.1 Å². The Labute approximate surface area is 115 Å². The Morgan fingerprint density at radius 2 is 1.90 bits per heavy atom. The molecule has 0 aliphatic heterocycles. The van der Waals surface area contributed by atoms with Crippen LogP contribution < -0.4 is 21.1 Å². The van der Waals surface area contributed by atoms with Gasteiger partial charge in [0.2, 0.25) is 0 Å². The van der Waals surface area contributed by atoms with Crippen LogP contribution in [0.15, 0.2) is 42.5 Å². The quantitative estimate of drug-likeness (QED) is 0.753. The molecule has 4 N–H and O–H groups in total. The summed E-state index contributed by atoms with van der Waals surface area (Å²) in [5.74, 6) is -0.0932. The van der Waals surface area contributed by atoms with Gasteiger partial charge in [-0.1, -0.05) is 18.2 Å². The molecule has 20 heavy (non-hydrogen) atoms. The molecule has 6 heteroatoms. The maximum absolute atomic E-state index is 13.5. The molecule has 0 saturated carbocycles. The van der Waals surface area contributed by atoms with Crippen LogP contribution in [0.3, 0.4) is 0 Å². The fraction of sp³-hybridized carbons (Fsp3) is 0.0714. The van der Waals surface area contributed by atoms with Crippen LogP contribution in [-0.2, 0) is 0 Å². The molecule has 2 aromatic rings. The molecule has 104 valence electrons. The number of para-hydroxylation sites is 3. The Morgan fingerprint density at radius 1 is 1.15 bits per heavy atom. The molecule has 5 nitrogen and oxygen atoms in total. The van der Waals surface area contributed by atoms with Crippen LogP contribution in [-0.4, -0.2) is 13.1 Å². The van der Waals surface area contributed by atoms with Gasteiger partial charge in [0.25, 0.3) is 0 Å². The highest BCUT2D eigenvalue weighted by atomic mass is 19.1. The van der Waals surface area contributed by atoms with E-state index >= 15 is 0 Å². The molecule has 0 fully saturated rings. The van der Waals surface area contributed by atoms with Crippen LogP contribution in [0, 0.1) is 5.82 Å². The van der Waals surface area contributed by atoms with Crippen molar-refractivity contribution in [3.05, 3.63) is 48.3 Å². The molecule has 2 amide bonds. The number of halogens is 1. The molecule has 0 atom stereocenters. The van der Waals surface area contributed by atoms with E-state index in [0.29, 0.717) is 11.4 Å². The van der Waals surface area contributed by atoms with Crippen LogP contribution >= 0.6 is 0 Å². The first-order valence-electron chi connectivity index (χ1n) is 5.87. The zero-order valence-electron chi connectivity index (χ0n) is 10.8. The molecule has 0 aromatic heterocycles. The SMILES string of the molecule is COc1ccccc1NC(=O)Nc1c(N)cccc1F. The van der Waals surface area contributed by atoms with Gasteiger partial charge < -0.3 is 21.1 Å². The van der Waals surface area contributed by atoms with E-state index in [0.717, 1.165) is 0 Å². The van der Waals surface area contributed by atoms with Gasteiger partial charge in [-0.25, -0.2) is 9.18 Å². The lowest BCUT2D eigenvalue weighted by molar-refractivity contribution is 0.262. The van der Waals surface area contributed by atoms with Gasteiger partial charge in [0.05, 0.1) is 18.5 Å². The number of ether oxygens (including phenoxy) is 1. The van der Waals surface area contributed by atoms with Gasteiger partial charge in [-0.3, -0.25) is 0 Å². The number of benzene rings is 2. The summed E-state index contributed by atoms with van der Waals surface area (Å²) in [6, 6.07) is 10.5. The van der Waals surface area contributed by atoms with Gasteiger partial charge in [-0.15, -0.1) is 0 Å². The summed E-state index contributed by atoms with van der Waals surface area (Å²) in [5.41, 5.74) is 6.18. The van der Waals surface area contributed by atoms with Crippen molar-refractivity contribution in [1.29, 1.82) is 0 Å². The lowest BCUT2D eigenvalue weighted by Gasteiger charge is -2.12. The number of anilines is 3. The summed E-state index contributed by atoms with van der Waals surface area (Å²) in [7, 11) is 1.49. The van der Waals surface area contributed by atoms with E-state index < -0.39 is 11.8 Å². The molecule has 0 bridgehead atoms.